The summed E-state index contributed by atoms with van der Waals surface area (Å²) < 4.78 is 6.01. The van der Waals surface area contributed by atoms with Crippen LogP contribution in [0.1, 0.15) is 75.2 Å². The van der Waals surface area contributed by atoms with Crippen molar-refractivity contribution in [3.8, 4) is 0 Å². The van der Waals surface area contributed by atoms with Crippen LogP contribution in [0.15, 0.2) is 6.20 Å². The Kier molecular flexibility index (Phi) is 6.12. The molecular formula is C17H29N3O. The molecule has 2 atom stereocenters. The monoisotopic (exact) mass is 291 g/mol. The van der Waals surface area contributed by atoms with E-state index in [9.17, 15) is 0 Å². The Bertz CT molecular complexity index is 444. The molecule has 1 heterocycles. The number of hydrogen-bond donors (Lipinski definition) is 1. The molecule has 0 amide bonds. The lowest BCUT2D eigenvalue weighted by atomic mass is 9.85. The fourth-order valence-corrected chi connectivity index (χ4v) is 3.25. The number of nitrogens with one attached hydrogen (secondary N) is 1. The van der Waals surface area contributed by atoms with Gasteiger partial charge in [-0.05, 0) is 46.6 Å². The molecule has 118 valence electrons. The van der Waals surface area contributed by atoms with Crippen molar-refractivity contribution in [1.82, 2.24) is 15.3 Å². The molecule has 1 aromatic rings. The van der Waals surface area contributed by atoms with Crippen LogP contribution in [0.2, 0.25) is 0 Å². The maximum absolute atomic E-state index is 6.01. The van der Waals surface area contributed by atoms with Crippen LogP contribution >= 0.6 is 0 Å². The summed E-state index contributed by atoms with van der Waals surface area (Å²) >= 11 is 0. The van der Waals surface area contributed by atoms with E-state index in [4.69, 9.17) is 9.72 Å². The summed E-state index contributed by atoms with van der Waals surface area (Å²) in [4.78, 5) is 9.39. The number of ether oxygens (including phenoxy) is 1. The highest BCUT2D eigenvalue weighted by Crippen LogP contribution is 2.35. The lowest BCUT2D eigenvalue weighted by molar-refractivity contribution is -0.000338. The van der Waals surface area contributed by atoms with Crippen LogP contribution in [0.5, 0.6) is 0 Å². The van der Waals surface area contributed by atoms with Gasteiger partial charge in [0, 0.05) is 30.1 Å². The number of nitrogens with zero attached hydrogens (tertiary/aromatic N) is 2. The third-order valence-electron chi connectivity index (χ3n) is 4.61. The first-order valence-corrected chi connectivity index (χ1v) is 8.29. The van der Waals surface area contributed by atoms with E-state index in [0.717, 1.165) is 18.1 Å². The third-order valence-corrected chi connectivity index (χ3v) is 4.61. The van der Waals surface area contributed by atoms with Crippen molar-refractivity contribution >= 4 is 0 Å². The van der Waals surface area contributed by atoms with E-state index in [-0.39, 0.29) is 12.1 Å². The van der Waals surface area contributed by atoms with Crippen LogP contribution in [0, 0.1) is 12.8 Å². The number of rotatable bonds is 6. The molecule has 1 saturated carbocycles. The van der Waals surface area contributed by atoms with E-state index >= 15 is 0 Å². The third kappa shape index (κ3) is 4.01. The molecule has 0 radical (unpaired) electrons. The molecule has 4 nitrogen and oxygen atoms in total. The molecule has 0 aliphatic heterocycles. The fourth-order valence-electron chi connectivity index (χ4n) is 3.25. The van der Waals surface area contributed by atoms with Crippen molar-refractivity contribution in [2.24, 2.45) is 5.92 Å². The maximum Gasteiger partial charge on any atom is 0.157 e. The molecule has 1 aromatic heterocycles. The second kappa shape index (κ2) is 7.85. The van der Waals surface area contributed by atoms with E-state index in [2.05, 4.69) is 31.1 Å². The smallest absolute Gasteiger partial charge is 0.157 e. The van der Waals surface area contributed by atoms with Crippen LogP contribution in [0.4, 0.5) is 0 Å². The minimum atomic E-state index is 0.0629. The Hall–Kier alpha value is -1.00. The van der Waals surface area contributed by atoms with Gasteiger partial charge in [0.15, 0.2) is 5.82 Å². The van der Waals surface area contributed by atoms with Crippen LogP contribution in [-0.4, -0.2) is 23.6 Å². The van der Waals surface area contributed by atoms with E-state index < -0.39 is 0 Å². The van der Waals surface area contributed by atoms with E-state index in [1.165, 1.54) is 37.7 Å². The highest BCUT2D eigenvalue weighted by molar-refractivity contribution is 5.20. The summed E-state index contributed by atoms with van der Waals surface area (Å²) in [7, 11) is 1.96. The summed E-state index contributed by atoms with van der Waals surface area (Å²) in [6, 6.07) is 0.277. The zero-order chi connectivity index (χ0) is 15.2. The molecule has 4 heteroatoms. The van der Waals surface area contributed by atoms with Gasteiger partial charge >= 0.3 is 0 Å². The first kappa shape index (κ1) is 16.4. The quantitative estimate of drug-likeness (QED) is 0.867. The molecule has 21 heavy (non-hydrogen) atoms. The highest BCUT2D eigenvalue weighted by Gasteiger charge is 2.28. The average molecular weight is 291 g/mol. The summed E-state index contributed by atoms with van der Waals surface area (Å²) in [5.74, 6) is 1.44. The van der Waals surface area contributed by atoms with E-state index in [0.29, 0.717) is 5.92 Å². The van der Waals surface area contributed by atoms with Crippen molar-refractivity contribution < 1.29 is 4.74 Å². The van der Waals surface area contributed by atoms with Gasteiger partial charge in [0.05, 0.1) is 0 Å². The van der Waals surface area contributed by atoms with Gasteiger partial charge < -0.3 is 10.1 Å². The van der Waals surface area contributed by atoms with Gasteiger partial charge in [-0.2, -0.15) is 0 Å². The van der Waals surface area contributed by atoms with Gasteiger partial charge in [-0.15, -0.1) is 0 Å². The molecule has 1 aliphatic carbocycles. The van der Waals surface area contributed by atoms with Crippen LogP contribution in [0.3, 0.4) is 0 Å². The van der Waals surface area contributed by atoms with Gasteiger partial charge in [0.2, 0.25) is 0 Å². The largest absolute Gasteiger partial charge is 0.370 e. The normalized spacial score (nSPS) is 19.4. The van der Waals surface area contributed by atoms with Crippen LogP contribution in [0.25, 0.3) is 0 Å². The van der Waals surface area contributed by atoms with Crippen molar-refractivity contribution in [3.05, 3.63) is 23.3 Å². The van der Waals surface area contributed by atoms with Crippen molar-refractivity contribution in [2.75, 3.05) is 13.7 Å². The Morgan fingerprint density at radius 2 is 2.05 bits per heavy atom. The number of aryl methyl sites for hydroxylation is 1. The van der Waals surface area contributed by atoms with Gasteiger partial charge in [0.1, 0.15) is 6.10 Å². The number of hydrogen-bond acceptors (Lipinski definition) is 4. The average Bonchev–Trinajstić information content (AvgIpc) is 2.52. The molecule has 0 aromatic carbocycles. The van der Waals surface area contributed by atoms with Crippen molar-refractivity contribution in [3.63, 3.8) is 0 Å². The van der Waals surface area contributed by atoms with Crippen molar-refractivity contribution in [1.29, 1.82) is 0 Å². The molecule has 2 unspecified atom stereocenters. The maximum atomic E-state index is 6.01. The van der Waals surface area contributed by atoms with Gasteiger partial charge in [-0.1, -0.05) is 19.3 Å². The standard InChI is InChI=1S/C17H29N3O/c1-5-21-16(14-9-7-6-8-10-14)17-19-11-15(12(2)18-4)13(3)20-17/h11-12,14,16,18H,5-10H2,1-4H3. The lowest BCUT2D eigenvalue weighted by Gasteiger charge is -2.29. The molecule has 0 bridgehead atoms. The van der Waals surface area contributed by atoms with E-state index in [1.54, 1.807) is 0 Å². The molecular weight excluding hydrogens is 262 g/mol. The molecule has 0 saturated heterocycles. The highest BCUT2D eigenvalue weighted by atomic mass is 16.5. The topological polar surface area (TPSA) is 47.0 Å². The molecule has 1 N–H and O–H groups in total. The summed E-state index contributed by atoms with van der Waals surface area (Å²) in [5.41, 5.74) is 2.22. The van der Waals surface area contributed by atoms with Gasteiger partial charge in [-0.3, -0.25) is 0 Å². The summed E-state index contributed by atoms with van der Waals surface area (Å²) in [6.45, 7) is 6.98. The SMILES string of the molecule is CCOC(c1ncc(C(C)NC)c(C)n1)C1CCCCC1. The van der Waals surface area contributed by atoms with E-state index in [1.807, 2.05) is 13.2 Å². The Morgan fingerprint density at radius 3 is 2.62 bits per heavy atom. The summed E-state index contributed by atoms with van der Waals surface area (Å²) in [5, 5.41) is 3.25. The minimum absolute atomic E-state index is 0.0629. The van der Waals surface area contributed by atoms with Crippen LogP contribution in [-0.2, 0) is 4.74 Å². The molecule has 1 fully saturated rings. The Labute approximate surface area is 128 Å². The predicted molar refractivity (Wildman–Crippen MR) is 85.2 cm³/mol. The lowest BCUT2D eigenvalue weighted by Crippen LogP contribution is -2.22. The predicted octanol–water partition coefficient (Wildman–Crippen LogP) is 3.72. The Morgan fingerprint density at radius 1 is 1.33 bits per heavy atom. The van der Waals surface area contributed by atoms with Crippen molar-refractivity contribution in [2.45, 2.75) is 65.0 Å². The fraction of sp³-hybridized carbons (Fsp3) is 0.765. The molecule has 1 aliphatic rings. The Balaban J connectivity index is 2.21. The zero-order valence-electron chi connectivity index (χ0n) is 13.9. The van der Waals surface area contributed by atoms with Gasteiger partial charge in [0.25, 0.3) is 0 Å². The first-order valence-electron chi connectivity index (χ1n) is 8.29. The number of aromatic nitrogens is 2. The van der Waals surface area contributed by atoms with Gasteiger partial charge in [-0.25, -0.2) is 9.97 Å². The van der Waals surface area contributed by atoms with Crippen LogP contribution < -0.4 is 5.32 Å². The second-order valence-corrected chi connectivity index (χ2v) is 6.05. The molecule has 0 spiro atoms. The zero-order valence-corrected chi connectivity index (χ0v) is 13.9. The summed E-state index contributed by atoms with van der Waals surface area (Å²) in [6.07, 6.45) is 8.47. The second-order valence-electron chi connectivity index (χ2n) is 6.05. The minimum Gasteiger partial charge on any atom is -0.370 e. The first-order chi connectivity index (χ1) is 10.2. The molecule has 2 rings (SSSR count).